The van der Waals surface area contributed by atoms with Crippen molar-refractivity contribution in [3.63, 3.8) is 0 Å². The van der Waals surface area contributed by atoms with Crippen molar-refractivity contribution >= 4 is 29.9 Å². The highest BCUT2D eigenvalue weighted by molar-refractivity contribution is 14.0. The Kier molecular flexibility index (Phi) is 17.3. The van der Waals surface area contributed by atoms with Crippen LogP contribution in [0.25, 0.3) is 0 Å². The number of hydrogen-bond donors (Lipinski definition) is 2. The zero-order chi connectivity index (χ0) is 19.7. The first-order valence-corrected chi connectivity index (χ1v) is 10.0. The molecule has 0 atom stereocenters. The lowest BCUT2D eigenvalue weighted by atomic mass is 10.1. The molecule has 0 bridgehead atoms. The van der Waals surface area contributed by atoms with Crippen molar-refractivity contribution in [1.29, 1.82) is 0 Å². The summed E-state index contributed by atoms with van der Waals surface area (Å²) in [4.78, 5) is 4.23. The Morgan fingerprint density at radius 1 is 0.964 bits per heavy atom. The maximum atomic E-state index is 5.66. The average molecular weight is 507 g/mol. The van der Waals surface area contributed by atoms with E-state index in [1.54, 1.807) is 7.05 Å². The first-order valence-electron chi connectivity index (χ1n) is 10.0. The molecular weight excluding hydrogens is 469 g/mol. The summed E-state index contributed by atoms with van der Waals surface area (Å²) < 4.78 is 16.7. The molecule has 2 N–H and O–H groups in total. The van der Waals surface area contributed by atoms with E-state index in [-0.39, 0.29) is 30.1 Å². The lowest BCUT2D eigenvalue weighted by Gasteiger charge is -2.13. The van der Waals surface area contributed by atoms with Gasteiger partial charge >= 0.3 is 0 Å². The van der Waals surface area contributed by atoms with Gasteiger partial charge in [0.15, 0.2) is 5.96 Å². The second kappa shape index (κ2) is 18.0. The van der Waals surface area contributed by atoms with Crippen LogP contribution in [-0.4, -0.2) is 58.6 Å². The van der Waals surface area contributed by atoms with Gasteiger partial charge in [-0.3, -0.25) is 4.99 Å². The van der Waals surface area contributed by atoms with Crippen molar-refractivity contribution in [2.45, 2.75) is 46.1 Å². The highest BCUT2D eigenvalue weighted by atomic mass is 127. The van der Waals surface area contributed by atoms with Crippen molar-refractivity contribution in [2.24, 2.45) is 4.99 Å². The standard InChI is InChI=1S/C21H37N3O3.HI/c1-5-6-14-25-16-17-26-15-13-24-21(22-4)23-12-11-19-7-9-20(10-8-19)27-18(2)3;/h7-10,18H,5-6,11-17H2,1-4H3,(H2,22,23,24);1H. The second-order valence-corrected chi connectivity index (χ2v) is 6.56. The number of halogens is 1. The van der Waals surface area contributed by atoms with Crippen LogP contribution in [0.1, 0.15) is 39.2 Å². The van der Waals surface area contributed by atoms with Gasteiger partial charge in [-0.1, -0.05) is 25.5 Å². The molecule has 0 fully saturated rings. The van der Waals surface area contributed by atoms with E-state index in [0.717, 1.165) is 50.7 Å². The molecule has 1 rings (SSSR count). The number of nitrogens with zero attached hydrogens (tertiary/aromatic N) is 1. The Balaban J connectivity index is 0.00000729. The molecule has 7 heteroatoms. The normalized spacial score (nSPS) is 11.2. The van der Waals surface area contributed by atoms with Gasteiger partial charge in [0.2, 0.25) is 0 Å². The number of benzene rings is 1. The fourth-order valence-electron chi connectivity index (χ4n) is 2.36. The summed E-state index contributed by atoms with van der Waals surface area (Å²) in [5, 5.41) is 6.57. The minimum absolute atomic E-state index is 0. The van der Waals surface area contributed by atoms with Gasteiger partial charge in [-0.2, -0.15) is 0 Å². The molecule has 0 amide bonds. The van der Waals surface area contributed by atoms with Crippen LogP contribution < -0.4 is 15.4 Å². The molecule has 0 aromatic heterocycles. The number of hydrogen-bond acceptors (Lipinski definition) is 4. The molecule has 0 saturated carbocycles. The molecule has 0 unspecified atom stereocenters. The van der Waals surface area contributed by atoms with Crippen LogP contribution in [0.5, 0.6) is 5.75 Å². The summed E-state index contributed by atoms with van der Waals surface area (Å²) in [7, 11) is 1.77. The summed E-state index contributed by atoms with van der Waals surface area (Å²) in [6.45, 7) is 10.5. The first kappa shape index (κ1) is 26.9. The monoisotopic (exact) mass is 507 g/mol. The van der Waals surface area contributed by atoms with Gasteiger partial charge in [0, 0.05) is 26.7 Å². The van der Waals surface area contributed by atoms with E-state index < -0.39 is 0 Å². The van der Waals surface area contributed by atoms with Crippen LogP contribution in [-0.2, 0) is 15.9 Å². The van der Waals surface area contributed by atoms with Crippen molar-refractivity contribution in [1.82, 2.24) is 10.6 Å². The summed E-state index contributed by atoms with van der Waals surface area (Å²) >= 11 is 0. The maximum absolute atomic E-state index is 5.66. The van der Waals surface area contributed by atoms with Crippen LogP contribution >= 0.6 is 24.0 Å². The lowest BCUT2D eigenvalue weighted by molar-refractivity contribution is 0.0487. The Bertz CT molecular complexity index is 510. The molecule has 0 saturated heterocycles. The Labute approximate surface area is 187 Å². The molecule has 1 aromatic carbocycles. The summed E-state index contributed by atoms with van der Waals surface area (Å²) in [6.07, 6.45) is 3.40. The minimum Gasteiger partial charge on any atom is -0.491 e. The number of unbranched alkanes of at least 4 members (excludes halogenated alkanes) is 1. The predicted molar refractivity (Wildman–Crippen MR) is 127 cm³/mol. The lowest BCUT2D eigenvalue weighted by Crippen LogP contribution is -2.39. The Morgan fingerprint density at radius 3 is 2.21 bits per heavy atom. The van der Waals surface area contributed by atoms with Gasteiger partial charge < -0.3 is 24.8 Å². The van der Waals surface area contributed by atoms with E-state index in [0.29, 0.717) is 19.8 Å². The van der Waals surface area contributed by atoms with Gasteiger partial charge in [-0.25, -0.2) is 0 Å². The topological polar surface area (TPSA) is 64.1 Å². The average Bonchev–Trinajstić information content (AvgIpc) is 2.66. The second-order valence-electron chi connectivity index (χ2n) is 6.56. The van der Waals surface area contributed by atoms with Gasteiger partial charge in [0.05, 0.1) is 25.9 Å². The SMILES string of the molecule is CCCCOCCOCCNC(=NC)NCCc1ccc(OC(C)C)cc1.I. The molecule has 0 aliphatic carbocycles. The quantitative estimate of drug-likeness (QED) is 0.174. The summed E-state index contributed by atoms with van der Waals surface area (Å²) in [6, 6.07) is 8.25. The van der Waals surface area contributed by atoms with Gasteiger partial charge in [0.25, 0.3) is 0 Å². The van der Waals surface area contributed by atoms with Crippen molar-refractivity contribution in [3.8, 4) is 5.75 Å². The van der Waals surface area contributed by atoms with Gasteiger partial charge in [-0.05, 0) is 44.4 Å². The van der Waals surface area contributed by atoms with E-state index >= 15 is 0 Å². The number of ether oxygens (including phenoxy) is 3. The molecule has 1 aromatic rings. The van der Waals surface area contributed by atoms with Crippen LogP contribution in [0.15, 0.2) is 29.3 Å². The molecule has 162 valence electrons. The predicted octanol–water partition coefficient (Wildman–Crippen LogP) is 3.63. The first-order chi connectivity index (χ1) is 13.2. The van der Waals surface area contributed by atoms with E-state index in [2.05, 4.69) is 34.7 Å². The number of aliphatic imine (C=N–C) groups is 1. The Morgan fingerprint density at radius 2 is 1.61 bits per heavy atom. The van der Waals surface area contributed by atoms with E-state index in [1.807, 2.05) is 26.0 Å². The highest BCUT2D eigenvalue weighted by Gasteiger charge is 2.00. The third-order valence-electron chi connectivity index (χ3n) is 3.78. The zero-order valence-electron chi connectivity index (χ0n) is 17.8. The van der Waals surface area contributed by atoms with E-state index in [9.17, 15) is 0 Å². The van der Waals surface area contributed by atoms with E-state index in [1.165, 1.54) is 5.56 Å². The molecule has 0 spiro atoms. The molecule has 0 heterocycles. The maximum Gasteiger partial charge on any atom is 0.191 e. The van der Waals surface area contributed by atoms with Crippen LogP contribution in [0.3, 0.4) is 0 Å². The van der Waals surface area contributed by atoms with Crippen LogP contribution in [0.4, 0.5) is 0 Å². The minimum atomic E-state index is 0. The van der Waals surface area contributed by atoms with Crippen molar-refractivity contribution in [2.75, 3.05) is 46.6 Å². The van der Waals surface area contributed by atoms with Crippen LogP contribution in [0.2, 0.25) is 0 Å². The summed E-state index contributed by atoms with van der Waals surface area (Å²) in [5.41, 5.74) is 1.26. The van der Waals surface area contributed by atoms with Crippen LogP contribution in [0, 0.1) is 0 Å². The number of rotatable bonds is 14. The zero-order valence-corrected chi connectivity index (χ0v) is 20.2. The number of nitrogens with one attached hydrogen (secondary N) is 2. The largest absolute Gasteiger partial charge is 0.491 e. The molecule has 0 aliphatic heterocycles. The smallest absolute Gasteiger partial charge is 0.191 e. The highest BCUT2D eigenvalue weighted by Crippen LogP contribution is 2.13. The van der Waals surface area contributed by atoms with E-state index in [4.69, 9.17) is 14.2 Å². The molecule has 6 nitrogen and oxygen atoms in total. The molecule has 28 heavy (non-hydrogen) atoms. The fourth-order valence-corrected chi connectivity index (χ4v) is 2.36. The molecule has 0 radical (unpaired) electrons. The molecular formula is C21H38IN3O3. The summed E-state index contributed by atoms with van der Waals surface area (Å²) in [5.74, 6) is 1.70. The van der Waals surface area contributed by atoms with Crippen molar-refractivity contribution < 1.29 is 14.2 Å². The van der Waals surface area contributed by atoms with Gasteiger partial charge in [0.1, 0.15) is 5.75 Å². The number of guanidine groups is 1. The van der Waals surface area contributed by atoms with Crippen molar-refractivity contribution in [3.05, 3.63) is 29.8 Å². The third-order valence-corrected chi connectivity index (χ3v) is 3.78. The Hall–Kier alpha value is -1.06. The molecule has 0 aliphatic rings. The fraction of sp³-hybridized carbons (Fsp3) is 0.667. The third kappa shape index (κ3) is 14.0. The van der Waals surface area contributed by atoms with Gasteiger partial charge in [-0.15, -0.1) is 24.0 Å².